The number of anilines is 3. The Kier molecular flexibility index (Phi) is 9.47. The molecule has 0 saturated carbocycles. The molecule has 34 heavy (non-hydrogen) atoms. The number of aromatic nitrogens is 1. The predicted octanol–water partition coefficient (Wildman–Crippen LogP) is 3.40. The zero-order valence-electron chi connectivity index (χ0n) is 19.4. The molecule has 0 aliphatic rings. The molecule has 1 amide bonds. The molecule has 0 bridgehead atoms. The van der Waals surface area contributed by atoms with Gasteiger partial charge < -0.3 is 15.6 Å². The van der Waals surface area contributed by atoms with E-state index in [1.807, 2.05) is 23.7 Å². The van der Waals surface area contributed by atoms with Crippen LogP contribution in [-0.2, 0) is 10.0 Å². The van der Waals surface area contributed by atoms with Crippen LogP contribution in [-0.4, -0.2) is 50.6 Å². The lowest BCUT2D eigenvalue weighted by Crippen LogP contribution is -2.21. The first kappa shape index (κ1) is 27.2. The summed E-state index contributed by atoms with van der Waals surface area (Å²) in [5.41, 5.74) is 2.43. The zero-order valence-corrected chi connectivity index (χ0v) is 20.2. The predicted molar refractivity (Wildman–Crippen MR) is 131 cm³/mol. The largest absolute Gasteiger partial charge is 0.320 e. The lowest BCUT2D eigenvalue weighted by molar-refractivity contribution is 0.101. The number of carbonyl (C=O) groups is 1. The molecule has 0 fully saturated rings. The molecule has 0 saturated heterocycles. The Balaban J connectivity index is 2.30. The number of nitrogen functional groups attached to an aromatic ring is 1. The number of pyridine rings is 1. The van der Waals surface area contributed by atoms with Crippen LogP contribution in [0.15, 0.2) is 31.0 Å². The summed E-state index contributed by atoms with van der Waals surface area (Å²) in [6.07, 6.45) is 3.03. The first-order chi connectivity index (χ1) is 16.0. The third-order valence-electron chi connectivity index (χ3n) is 4.80. The molecule has 0 aliphatic heterocycles. The Labute approximate surface area is 198 Å². The number of benzene rings is 1. The number of hydrogen-bond donors (Lipinski definition) is 4. The summed E-state index contributed by atoms with van der Waals surface area (Å²) in [6.45, 7) is 6.53. The molecule has 9 nitrogen and oxygen atoms in total. The van der Waals surface area contributed by atoms with E-state index in [-0.39, 0.29) is 11.4 Å². The molecule has 1 aromatic carbocycles. The van der Waals surface area contributed by atoms with Crippen molar-refractivity contribution in [2.45, 2.75) is 26.2 Å². The summed E-state index contributed by atoms with van der Waals surface area (Å²) < 4.78 is 55.3. The number of hydrazine groups is 1. The number of nitrogens with one attached hydrogen (secondary N) is 3. The fraction of sp³-hybridized carbons (Fsp3) is 0.364. The van der Waals surface area contributed by atoms with Crippen molar-refractivity contribution in [1.29, 1.82) is 0 Å². The van der Waals surface area contributed by atoms with Gasteiger partial charge in [-0.25, -0.2) is 28.0 Å². The van der Waals surface area contributed by atoms with Crippen LogP contribution < -0.4 is 21.3 Å². The van der Waals surface area contributed by atoms with Crippen molar-refractivity contribution in [3.8, 4) is 0 Å². The van der Waals surface area contributed by atoms with Gasteiger partial charge >= 0.3 is 0 Å². The van der Waals surface area contributed by atoms with E-state index in [4.69, 9.17) is 5.84 Å². The van der Waals surface area contributed by atoms with Crippen molar-refractivity contribution in [3.05, 3.63) is 53.7 Å². The number of hydrogen-bond acceptors (Lipinski definition) is 7. The van der Waals surface area contributed by atoms with Crippen LogP contribution in [0.25, 0.3) is 5.57 Å². The second-order valence-electron chi connectivity index (χ2n) is 7.93. The molecule has 0 spiro atoms. The van der Waals surface area contributed by atoms with E-state index in [1.54, 1.807) is 13.0 Å². The highest BCUT2D eigenvalue weighted by Gasteiger charge is 2.23. The minimum absolute atomic E-state index is 0.156. The SMILES string of the molecule is C=C(CCCN(C)C)c1cc(NC(=O)c2c(F)ccc(NS(=O)(=O)CCC)c2F)cnc1NN. The van der Waals surface area contributed by atoms with Gasteiger partial charge in [-0.1, -0.05) is 13.5 Å². The molecular formula is C22H30F2N6O3S. The van der Waals surface area contributed by atoms with Gasteiger partial charge in [0.1, 0.15) is 17.2 Å². The van der Waals surface area contributed by atoms with Crippen molar-refractivity contribution in [2.75, 3.05) is 41.9 Å². The van der Waals surface area contributed by atoms with E-state index in [9.17, 15) is 22.0 Å². The number of nitrogens with zero attached hydrogens (tertiary/aromatic N) is 2. The van der Waals surface area contributed by atoms with Gasteiger partial charge in [-0.2, -0.15) is 0 Å². The minimum atomic E-state index is -3.84. The molecule has 0 radical (unpaired) electrons. The van der Waals surface area contributed by atoms with Crippen molar-refractivity contribution < 1.29 is 22.0 Å². The van der Waals surface area contributed by atoms with Crippen LogP contribution in [0.4, 0.5) is 26.0 Å². The van der Waals surface area contributed by atoms with Crippen LogP contribution in [0, 0.1) is 11.6 Å². The van der Waals surface area contributed by atoms with Crippen molar-refractivity contribution in [2.24, 2.45) is 5.84 Å². The summed E-state index contributed by atoms with van der Waals surface area (Å²) in [5.74, 6) is 2.04. The van der Waals surface area contributed by atoms with E-state index >= 15 is 0 Å². The van der Waals surface area contributed by atoms with Gasteiger partial charge in [0.15, 0.2) is 5.82 Å². The maximum atomic E-state index is 14.9. The molecule has 0 atom stereocenters. The molecule has 1 heterocycles. The lowest BCUT2D eigenvalue weighted by Gasteiger charge is -2.15. The maximum absolute atomic E-state index is 14.9. The second kappa shape index (κ2) is 11.9. The highest BCUT2D eigenvalue weighted by Crippen LogP contribution is 2.28. The van der Waals surface area contributed by atoms with Crippen LogP contribution in [0.2, 0.25) is 0 Å². The van der Waals surface area contributed by atoms with Crippen LogP contribution in [0.3, 0.4) is 0 Å². The van der Waals surface area contributed by atoms with Gasteiger partial charge in [0, 0.05) is 5.56 Å². The van der Waals surface area contributed by atoms with Gasteiger partial charge in [-0.15, -0.1) is 0 Å². The molecule has 0 unspecified atom stereocenters. The molecule has 186 valence electrons. The molecule has 0 aliphatic carbocycles. The molecule has 2 aromatic rings. The molecule has 2 rings (SSSR count). The summed E-state index contributed by atoms with van der Waals surface area (Å²) in [7, 11) is 0.0643. The first-order valence-corrected chi connectivity index (χ1v) is 12.2. The van der Waals surface area contributed by atoms with Crippen molar-refractivity contribution in [3.63, 3.8) is 0 Å². The molecule has 1 aromatic heterocycles. The number of rotatable bonds is 12. The standard InChI is InChI=1S/C22H30F2N6O3S/c1-5-11-34(32,33)29-18-9-8-17(23)19(20(18)24)22(31)27-15-12-16(21(28-25)26-13-15)14(2)7-6-10-30(3)4/h8-9,12-13,29H,2,5-7,10-11,25H2,1,3-4H3,(H,26,28)(H,27,31). The summed E-state index contributed by atoms with van der Waals surface area (Å²) in [5, 5.41) is 2.40. The number of nitrogens with two attached hydrogens (primary N) is 1. The first-order valence-electron chi connectivity index (χ1n) is 10.6. The molecule has 5 N–H and O–H groups in total. The van der Waals surface area contributed by atoms with Gasteiger partial charge in [0.05, 0.1) is 23.3 Å². The van der Waals surface area contributed by atoms with Crippen LogP contribution in [0.1, 0.15) is 42.1 Å². The fourth-order valence-electron chi connectivity index (χ4n) is 3.18. The van der Waals surface area contributed by atoms with Crippen molar-refractivity contribution in [1.82, 2.24) is 9.88 Å². The summed E-state index contributed by atoms with van der Waals surface area (Å²) in [6, 6.07) is 3.29. The minimum Gasteiger partial charge on any atom is -0.320 e. The highest BCUT2D eigenvalue weighted by molar-refractivity contribution is 7.92. The Bertz CT molecular complexity index is 1160. The van der Waals surface area contributed by atoms with Gasteiger partial charge in [0.25, 0.3) is 5.91 Å². The van der Waals surface area contributed by atoms with Crippen LogP contribution in [0.5, 0.6) is 0 Å². The van der Waals surface area contributed by atoms with E-state index in [2.05, 4.69) is 22.3 Å². The Morgan fingerprint density at radius 1 is 1.26 bits per heavy atom. The number of carbonyl (C=O) groups excluding carboxylic acids is 1. The van der Waals surface area contributed by atoms with E-state index in [0.717, 1.165) is 25.1 Å². The summed E-state index contributed by atoms with van der Waals surface area (Å²) in [4.78, 5) is 18.9. The Morgan fingerprint density at radius 3 is 2.59 bits per heavy atom. The number of sulfonamides is 1. The second-order valence-corrected chi connectivity index (χ2v) is 9.78. The maximum Gasteiger partial charge on any atom is 0.261 e. The smallest absolute Gasteiger partial charge is 0.261 e. The molecular weight excluding hydrogens is 466 g/mol. The zero-order chi connectivity index (χ0) is 25.5. The van der Waals surface area contributed by atoms with Gasteiger partial charge in [0.2, 0.25) is 10.0 Å². The van der Waals surface area contributed by atoms with Crippen LogP contribution >= 0.6 is 0 Å². The van der Waals surface area contributed by atoms with Crippen molar-refractivity contribution >= 4 is 38.7 Å². The average Bonchev–Trinajstić information content (AvgIpc) is 2.75. The highest BCUT2D eigenvalue weighted by atomic mass is 32.2. The van der Waals surface area contributed by atoms with Gasteiger partial charge in [-0.05, 0) is 63.7 Å². The monoisotopic (exact) mass is 496 g/mol. The lowest BCUT2D eigenvalue weighted by atomic mass is 10.0. The topological polar surface area (TPSA) is 129 Å². The fourth-order valence-corrected chi connectivity index (χ4v) is 4.31. The van der Waals surface area contributed by atoms with E-state index in [1.165, 1.54) is 6.20 Å². The number of allylic oxidation sites excluding steroid dienone is 1. The van der Waals surface area contributed by atoms with Gasteiger partial charge in [-0.3, -0.25) is 9.52 Å². The number of halogens is 2. The third-order valence-corrected chi connectivity index (χ3v) is 6.28. The molecule has 12 heteroatoms. The number of amides is 1. The average molecular weight is 497 g/mol. The normalized spacial score (nSPS) is 11.4. The Hall–Kier alpha value is -3.09. The van der Waals surface area contributed by atoms with E-state index in [0.29, 0.717) is 29.8 Å². The Morgan fingerprint density at radius 2 is 1.97 bits per heavy atom. The quantitative estimate of drug-likeness (QED) is 0.262. The summed E-state index contributed by atoms with van der Waals surface area (Å²) >= 11 is 0. The third kappa shape index (κ3) is 7.20. The van der Waals surface area contributed by atoms with E-state index < -0.39 is 38.8 Å².